The molecule has 4 heteroatoms. The Morgan fingerprint density at radius 1 is 1.04 bits per heavy atom. The summed E-state index contributed by atoms with van der Waals surface area (Å²) in [7, 11) is 0. The molecule has 0 bridgehead atoms. The van der Waals surface area contributed by atoms with Gasteiger partial charge in [-0.15, -0.1) is 11.8 Å². The molecule has 2 rings (SSSR count). The highest BCUT2D eigenvalue weighted by Gasteiger charge is 2.13. The number of rotatable bonds is 8. The zero-order chi connectivity index (χ0) is 17.4. The Bertz CT molecular complexity index is 643. The summed E-state index contributed by atoms with van der Waals surface area (Å²) >= 11 is 1.65. The largest absolute Gasteiger partial charge is 0.491 e. The molecular weight excluding hydrogens is 318 g/mol. The third-order valence-corrected chi connectivity index (χ3v) is 4.66. The molecule has 0 heterocycles. The summed E-state index contributed by atoms with van der Waals surface area (Å²) in [5.41, 5.74) is 2.28. The molecule has 128 valence electrons. The van der Waals surface area contributed by atoms with E-state index in [2.05, 4.69) is 17.4 Å². The van der Waals surface area contributed by atoms with Gasteiger partial charge in [-0.2, -0.15) is 0 Å². The van der Waals surface area contributed by atoms with Gasteiger partial charge in [-0.25, -0.2) is 0 Å². The lowest BCUT2D eigenvalue weighted by molar-refractivity contribution is -0.120. The van der Waals surface area contributed by atoms with Crippen LogP contribution in [0.4, 0.5) is 0 Å². The molecule has 3 nitrogen and oxygen atoms in total. The Hall–Kier alpha value is -1.94. The van der Waals surface area contributed by atoms with Crippen LogP contribution in [0.2, 0.25) is 0 Å². The summed E-state index contributed by atoms with van der Waals surface area (Å²) in [5.74, 6) is 1.74. The second-order valence-electron chi connectivity index (χ2n) is 5.97. The summed E-state index contributed by atoms with van der Waals surface area (Å²) < 4.78 is 5.68. The van der Waals surface area contributed by atoms with Gasteiger partial charge < -0.3 is 10.1 Å². The zero-order valence-electron chi connectivity index (χ0n) is 14.5. The van der Waals surface area contributed by atoms with Crippen LogP contribution in [0.1, 0.15) is 31.9 Å². The van der Waals surface area contributed by atoms with Crippen molar-refractivity contribution in [1.82, 2.24) is 5.32 Å². The van der Waals surface area contributed by atoms with Crippen molar-refractivity contribution in [3.05, 3.63) is 65.7 Å². The SMILES string of the molecule is CC(C)Oc1cccc(CNC(=O)C(C)SCc2ccccc2)c1. The van der Waals surface area contributed by atoms with E-state index in [4.69, 9.17) is 4.74 Å². The van der Waals surface area contributed by atoms with Crippen LogP contribution in [0.5, 0.6) is 5.75 Å². The topological polar surface area (TPSA) is 38.3 Å². The lowest BCUT2D eigenvalue weighted by Gasteiger charge is -2.13. The molecule has 0 radical (unpaired) electrons. The Morgan fingerprint density at radius 2 is 1.75 bits per heavy atom. The molecule has 1 amide bonds. The van der Waals surface area contributed by atoms with Gasteiger partial charge in [-0.05, 0) is 44.0 Å². The van der Waals surface area contributed by atoms with Crippen LogP contribution in [0, 0.1) is 0 Å². The van der Waals surface area contributed by atoms with E-state index in [0.29, 0.717) is 6.54 Å². The molecule has 1 unspecified atom stereocenters. The van der Waals surface area contributed by atoms with Crippen molar-refractivity contribution < 1.29 is 9.53 Å². The lowest BCUT2D eigenvalue weighted by Crippen LogP contribution is -2.30. The Balaban J connectivity index is 1.79. The summed E-state index contributed by atoms with van der Waals surface area (Å²) in [5, 5.41) is 2.92. The standard InChI is InChI=1S/C20H25NO2S/c1-15(2)23-19-11-7-10-18(12-19)13-21-20(22)16(3)24-14-17-8-5-4-6-9-17/h4-12,15-16H,13-14H2,1-3H3,(H,21,22). The van der Waals surface area contributed by atoms with Crippen LogP contribution >= 0.6 is 11.8 Å². The first-order chi connectivity index (χ1) is 11.5. The van der Waals surface area contributed by atoms with E-state index in [1.165, 1.54) is 5.56 Å². The number of thioether (sulfide) groups is 1. The van der Waals surface area contributed by atoms with Crippen molar-refractivity contribution in [2.24, 2.45) is 0 Å². The molecule has 0 fully saturated rings. The molecule has 0 aliphatic heterocycles. The minimum absolute atomic E-state index is 0.0612. The van der Waals surface area contributed by atoms with E-state index in [-0.39, 0.29) is 17.3 Å². The minimum Gasteiger partial charge on any atom is -0.491 e. The summed E-state index contributed by atoms with van der Waals surface area (Å²) in [4.78, 5) is 12.2. The second kappa shape index (κ2) is 9.38. The predicted octanol–water partition coefficient (Wildman–Crippen LogP) is 4.41. The fourth-order valence-corrected chi connectivity index (χ4v) is 3.07. The van der Waals surface area contributed by atoms with Gasteiger partial charge in [0.25, 0.3) is 0 Å². The summed E-state index contributed by atoms with van der Waals surface area (Å²) in [6, 6.07) is 18.1. The Labute approximate surface area is 148 Å². The van der Waals surface area contributed by atoms with Crippen molar-refractivity contribution in [2.45, 2.75) is 44.4 Å². The molecule has 1 atom stereocenters. The van der Waals surface area contributed by atoms with Gasteiger partial charge in [0, 0.05) is 12.3 Å². The molecule has 0 saturated heterocycles. The van der Waals surface area contributed by atoms with Crippen molar-refractivity contribution in [1.29, 1.82) is 0 Å². The molecular formula is C20H25NO2S. The Morgan fingerprint density at radius 3 is 2.46 bits per heavy atom. The fraction of sp³-hybridized carbons (Fsp3) is 0.350. The van der Waals surface area contributed by atoms with Crippen molar-refractivity contribution in [3.8, 4) is 5.75 Å². The van der Waals surface area contributed by atoms with Crippen molar-refractivity contribution in [2.75, 3.05) is 0 Å². The number of hydrogen-bond donors (Lipinski definition) is 1. The summed E-state index contributed by atoms with van der Waals surface area (Å²) in [6.07, 6.45) is 0.143. The van der Waals surface area contributed by atoms with E-state index in [9.17, 15) is 4.79 Å². The van der Waals surface area contributed by atoms with Crippen LogP contribution in [0.25, 0.3) is 0 Å². The third-order valence-electron chi connectivity index (χ3n) is 3.45. The smallest absolute Gasteiger partial charge is 0.233 e. The van der Waals surface area contributed by atoms with Gasteiger partial charge in [0.2, 0.25) is 5.91 Å². The first-order valence-electron chi connectivity index (χ1n) is 8.23. The van der Waals surface area contributed by atoms with Gasteiger partial charge in [-0.3, -0.25) is 4.79 Å². The maximum absolute atomic E-state index is 12.2. The minimum atomic E-state index is -0.0831. The summed E-state index contributed by atoms with van der Waals surface area (Å²) in [6.45, 7) is 6.46. The number of benzene rings is 2. The van der Waals surface area contributed by atoms with Crippen LogP contribution in [0.15, 0.2) is 54.6 Å². The lowest BCUT2D eigenvalue weighted by atomic mass is 10.2. The molecule has 2 aromatic rings. The van der Waals surface area contributed by atoms with Crippen LogP contribution < -0.4 is 10.1 Å². The third kappa shape index (κ3) is 6.28. The monoisotopic (exact) mass is 343 g/mol. The zero-order valence-corrected chi connectivity index (χ0v) is 15.3. The quantitative estimate of drug-likeness (QED) is 0.771. The van der Waals surface area contributed by atoms with Gasteiger partial charge in [0.05, 0.1) is 11.4 Å². The molecule has 0 spiro atoms. The molecule has 0 aliphatic carbocycles. The van der Waals surface area contributed by atoms with Crippen molar-refractivity contribution in [3.63, 3.8) is 0 Å². The normalized spacial score (nSPS) is 12.0. The van der Waals surface area contributed by atoms with Gasteiger partial charge in [0.15, 0.2) is 0 Å². The first-order valence-corrected chi connectivity index (χ1v) is 9.28. The average molecular weight is 343 g/mol. The van der Waals surface area contributed by atoms with Gasteiger partial charge >= 0.3 is 0 Å². The maximum Gasteiger partial charge on any atom is 0.233 e. The maximum atomic E-state index is 12.2. The average Bonchev–Trinajstić information content (AvgIpc) is 2.58. The molecule has 0 aromatic heterocycles. The number of hydrogen-bond acceptors (Lipinski definition) is 3. The second-order valence-corrected chi connectivity index (χ2v) is 7.30. The van der Waals surface area contributed by atoms with E-state index >= 15 is 0 Å². The van der Waals surface area contributed by atoms with E-state index in [1.54, 1.807) is 11.8 Å². The van der Waals surface area contributed by atoms with Crippen LogP contribution in [-0.2, 0) is 17.1 Å². The van der Waals surface area contributed by atoms with E-state index < -0.39 is 0 Å². The van der Waals surface area contributed by atoms with Gasteiger partial charge in [-0.1, -0.05) is 42.5 Å². The number of amides is 1. The molecule has 0 saturated carbocycles. The Kier molecular flexibility index (Phi) is 7.19. The molecule has 24 heavy (non-hydrogen) atoms. The number of nitrogens with one attached hydrogen (secondary N) is 1. The predicted molar refractivity (Wildman–Crippen MR) is 101 cm³/mol. The van der Waals surface area contributed by atoms with Gasteiger partial charge in [0.1, 0.15) is 5.75 Å². The number of carbonyl (C=O) groups excluding carboxylic acids is 1. The molecule has 1 N–H and O–H groups in total. The highest BCUT2D eigenvalue weighted by molar-refractivity contribution is 7.99. The van der Waals surface area contributed by atoms with Crippen LogP contribution in [-0.4, -0.2) is 17.3 Å². The van der Waals surface area contributed by atoms with E-state index in [0.717, 1.165) is 17.1 Å². The first kappa shape index (κ1) is 18.4. The fourth-order valence-electron chi connectivity index (χ4n) is 2.20. The highest BCUT2D eigenvalue weighted by atomic mass is 32.2. The number of carbonyl (C=O) groups is 1. The number of ether oxygens (including phenoxy) is 1. The molecule has 0 aliphatic rings. The van der Waals surface area contributed by atoms with Crippen LogP contribution in [0.3, 0.4) is 0 Å². The van der Waals surface area contributed by atoms with Crippen molar-refractivity contribution >= 4 is 17.7 Å². The molecule has 2 aromatic carbocycles. The highest BCUT2D eigenvalue weighted by Crippen LogP contribution is 2.18. The van der Waals surface area contributed by atoms with E-state index in [1.807, 2.05) is 63.2 Å².